The van der Waals surface area contributed by atoms with Crippen LogP contribution in [0.15, 0.2) is 18.2 Å². The number of rotatable bonds is 1. The van der Waals surface area contributed by atoms with Crippen molar-refractivity contribution in [3.63, 3.8) is 0 Å². The zero-order chi connectivity index (χ0) is 13.1. The van der Waals surface area contributed by atoms with Crippen LogP contribution in [0, 0.1) is 18.8 Å². The average molecular weight is 241 g/mol. The molecule has 0 saturated heterocycles. The summed E-state index contributed by atoms with van der Waals surface area (Å²) in [6.07, 6.45) is -4.47. The van der Waals surface area contributed by atoms with E-state index in [2.05, 4.69) is 11.8 Å². The summed E-state index contributed by atoms with van der Waals surface area (Å²) in [5.74, 6) is 4.53. The first kappa shape index (κ1) is 13.1. The molecule has 1 amide bonds. The maximum atomic E-state index is 12.4. The Labute approximate surface area is 96.6 Å². The van der Waals surface area contributed by atoms with E-state index in [1.807, 2.05) is 0 Å². The van der Waals surface area contributed by atoms with Crippen molar-refractivity contribution in [1.82, 2.24) is 0 Å². The maximum Gasteiger partial charge on any atom is 0.416 e. The third-order valence-corrected chi connectivity index (χ3v) is 2.04. The Hall–Kier alpha value is -1.96. The van der Waals surface area contributed by atoms with Crippen LogP contribution in [0.3, 0.4) is 0 Å². The number of hydrogen-bond acceptors (Lipinski definition) is 1. The van der Waals surface area contributed by atoms with Gasteiger partial charge >= 0.3 is 6.18 Å². The van der Waals surface area contributed by atoms with Crippen molar-refractivity contribution in [3.05, 3.63) is 34.9 Å². The van der Waals surface area contributed by atoms with Crippen LogP contribution in [0.25, 0.3) is 0 Å². The summed E-state index contributed by atoms with van der Waals surface area (Å²) in [5.41, 5.74) is 5.04. The third-order valence-electron chi connectivity index (χ3n) is 2.04. The zero-order valence-corrected chi connectivity index (χ0v) is 9.06. The molecule has 0 atom stereocenters. The first-order valence-electron chi connectivity index (χ1n) is 4.75. The van der Waals surface area contributed by atoms with Gasteiger partial charge in [-0.2, -0.15) is 13.2 Å². The molecule has 1 aromatic rings. The number of hydrogen-bond donors (Lipinski definition) is 1. The lowest BCUT2D eigenvalue weighted by Crippen LogP contribution is -2.08. The first-order valence-corrected chi connectivity index (χ1v) is 4.75. The summed E-state index contributed by atoms with van der Waals surface area (Å²) < 4.78 is 37.1. The molecule has 5 heteroatoms. The number of nitrogens with two attached hydrogens (primary N) is 1. The quantitative estimate of drug-likeness (QED) is 0.753. The largest absolute Gasteiger partial charge is 0.416 e. The van der Waals surface area contributed by atoms with Crippen LogP contribution in [0.1, 0.15) is 23.1 Å². The summed E-state index contributed by atoms with van der Waals surface area (Å²) >= 11 is 0. The summed E-state index contributed by atoms with van der Waals surface area (Å²) in [4.78, 5) is 10.4. The Kier molecular flexibility index (Phi) is 3.79. The number of benzene rings is 1. The van der Waals surface area contributed by atoms with Gasteiger partial charge in [-0.05, 0) is 30.7 Å². The molecule has 0 unspecified atom stereocenters. The van der Waals surface area contributed by atoms with Gasteiger partial charge in [-0.25, -0.2) is 0 Å². The standard InChI is InChI=1S/C12H10F3NO/c1-8-7-10(12(13,14)15)6-5-9(8)3-2-4-11(16)17/h5-7H,4H2,1H3,(H2,16,17). The van der Waals surface area contributed by atoms with Crippen LogP contribution in [0.2, 0.25) is 0 Å². The van der Waals surface area contributed by atoms with Crippen LogP contribution in [-0.2, 0) is 11.0 Å². The lowest BCUT2D eigenvalue weighted by molar-refractivity contribution is -0.137. The van der Waals surface area contributed by atoms with Crippen LogP contribution < -0.4 is 5.73 Å². The van der Waals surface area contributed by atoms with Crippen molar-refractivity contribution in [2.45, 2.75) is 19.5 Å². The number of alkyl halides is 3. The van der Waals surface area contributed by atoms with Gasteiger partial charge < -0.3 is 5.73 Å². The van der Waals surface area contributed by atoms with Gasteiger partial charge in [0, 0.05) is 5.56 Å². The van der Waals surface area contributed by atoms with Crippen LogP contribution in [0.4, 0.5) is 13.2 Å². The van der Waals surface area contributed by atoms with Crippen LogP contribution >= 0.6 is 0 Å². The van der Waals surface area contributed by atoms with Gasteiger partial charge in [-0.1, -0.05) is 11.8 Å². The highest BCUT2D eigenvalue weighted by Gasteiger charge is 2.30. The molecule has 0 saturated carbocycles. The molecule has 2 N–H and O–H groups in total. The van der Waals surface area contributed by atoms with Gasteiger partial charge in [-0.3, -0.25) is 4.79 Å². The maximum absolute atomic E-state index is 12.4. The van der Waals surface area contributed by atoms with Crippen LogP contribution in [-0.4, -0.2) is 5.91 Å². The second-order valence-electron chi connectivity index (χ2n) is 3.47. The Balaban J connectivity index is 2.97. The molecule has 0 fully saturated rings. The fourth-order valence-corrected chi connectivity index (χ4v) is 1.21. The summed E-state index contributed by atoms with van der Waals surface area (Å²) in [6.45, 7) is 1.53. The van der Waals surface area contributed by atoms with Crippen molar-refractivity contribution in [2.24, 2.45) is 5.73 Å². The molecule has 2 nitrogen and oxygen atoms in total. The molecule has 0 aromatic heterocycles. The van der Waals surface area contributed by atoms with Gasteiger partial charge in [0.15, 0.2) is 0 Å². The van der Waals surface area contributed by atoms with E-state index >= 15 is 0 Å². The number of amides is 1. The zero-order valence-electron chi connectivity index (χ0n) is 9.06. The lowest BCUT2D eigenvalue weighted by atomic mass is 10.1. The number of carbonyl (C=O) groups excluding carboxylic acids is 1. The van der Waals surface area contributed by atoms with Crippen molar-refractivity contribution in [2.75, 3.05) is 0 Å². The van der Waals surface area contributed by atoms with Gasteiger partial charge in [0.05, 0.1) is 12.0 Å². The number of carbonyl (C=O) groups is 1. The summed E-state index contributed by atoms with van der Waals surface area (Å²) in [6, 6.07) is 3.27. The molecule has 1 aromatic carbocycles. The molecule has 0 radical (unpaired) electrons. The summed E-state index contributed by atoms with van der Waals surface area (Å²) in [7, 11) is 0. The molecule has 17 heavy (non-hydrogen) atoms. The Morgan fingerprint density at radius 1 is 1.41 bits per heavy atom. The average Bonchev–Trinajstić information content (AvgIpc) is 2.18. The normalized spacial score (nSPS) is 10.6. The molecule has 0 aliphatic heterocycles. The second-order valence-corrected chi connectivity index (χ2v) is 3.47. The smallest absolute Gasteiger partial charge is 0.369 e. The molecule has 0 heterocycles. The Morgan fingerprint density at radius 2 is 2.06 bits per heavy atom. The molecule has 90 valence electrons. The second kappa shape index (κ2) is 4.91. The van der Waals surface area contributed by atoms with Crippen molar-refractivity contribution in [1.29, 1.82) is 0 Å². The molecule has 0 spiro atoms. The molecule has 0 bridgehead atoms. The highest BCUT2D eigenvalue weighted by molar-refractivity contribution is 5.76. The van der Waals surface area contributed by atoms with E-state index in [1.165, 1.54) is 13.0 Å². The van der Waals surface area contributed by atoms with Crippen molar-refractivity contribution in [3.8, 4) is 11.8 Å². The minimum atomic E-state index is -4.36. The van der Waals surface area contributed by atoms with Gasteiger partial charge in [0.25, 0.3) is 0 Å². The van der Waals surface area contributed by atoms with E-state index in [9.17, 15) is 18.0 Å². The number of halogens is 3. The van der Waals surface area contributed by atoms with E-state index in [-0.39, 0.29) is 6.42 Å². The molecule has 0 aliphatic rings. The predicted octanol–water partition coefficient (Wildman–Crippen LogP) is 2.24. The van der Waals surface area contributed by atoms with E-state index < -0.39 is 17.6 Å². The van der Waals surface area contributed by atoms with E-state index in [4.69, 9.17) is 5.73 Å². The van der Waals surface area contributed by atoms with Gasteiger partial charge in [-0.15, -0.1) is 0 Å². The van der Waals surface area contributed by atoms with Crippen molar-refractivity contribution < 1.29 is 18.0 Å². The topological polar surface area (TPSA) is 43.1 Å². The Bertz CT molecular complexity index is 495. The monoisotopic (exact) mass is 241 g/mol. The van der Waals surface area contributed by atoms with Gasteiger partial charge in [0.2, 0.25) is 5.91 Å². The number of primary amides is 1. The fourth-order valence-electron chi connectivity index (χ4n) is 1.21. The van der Waals surface area contributed by atoms with E-state index in [0.717, 1.165) is 12.1 Å². The van der Waals surface area contributed by atoms with Crippen LogP contribution in [0.5, 0.6) is 0 Å². The van der Waals surface area contributed by atoms with E-state index in [1.54, 1.807) is 0 Å². The Morgan fingerprint density at radius 3 is 2.53 bits per heavy atom. The first-order chi connectivity index (χ1) is 7.80. The SMILES string of the molecule is Cc1cc(C(F)(F)F)ccc1C#CCC(N)=O. The molecular weight excluding hydrogens is 231 g/mol. The summed E-state index contributed by atoms with van der Waals surface area (Å²) in [5, 5.41) is 0. The number of aryl methyl sites for hydroxylation is 1. The predicted molar refractivity (Wildman–Crippen MR) is 56.9 cm³/mol. The molecule has 0 aliphatic carbocycles. The minimum absolute atomic E-state index is 0.111. The third kappa shape index (κ3) is 3.83. The van der Waals surface area contributed by atoms with Crippen molar-refractivity contribution >= 4 is 5.91 Å². The molecular formula is C12H10F3NO. The molecule has 1 rings (SSSR count). The highest BCUT2D eigenvalue weighted by atomic mass is 19.4. The van der Waals surface area contributed by atoms with E-state index in [0.29, 0.717) is 11.1 Å². The minimum Gasteiger partial charge on any atom is -0.369 e. The fraction of sp³-hybridized carbons (Fsp3) is 0.250. The van der Waals surface area contributed by atoms with Gasteiger partial charge in [0.1, 0.15) is 0 Å². The highest BCUT2D eigenvalue weighted by Crippen LogP contribution is 2.30. The lowest BCUT2D eigenvalue weighted by Gasteiger charge is -2.07.